The van der Waals surface area contributed by atoms with E-state index in [1.54, 1.807) is 24.3 Å². The van der Waals surface area contributed by atoms with Gasteiger partial charge in [0, 0.05) is 6.92 Å². The number of carbonyl (C=O) groups is 4. The number of hydrogen-bond acceptors (Lipinski definition) is 7. The van der Waals surface area contributed by atoms with Gasteiger partial charge in [-0.05, 0) is 16.7 Å². The molecule has 1 N–H and O–H groups in total. The Morgan fingerprint density at radius 3 is 1.67 bits per heavy atom. The Bertz CT molecular complexity index is 834. The van der Waals surface area contributed by atoms with Gasteiger partial charge in [-0.2, -0.15) is 0 Å². The van der Waals surface area contributed by atoms with E-state index in [2.05, 4.69) is 10.1 Å². The largest absolute Gasteiger partial charge is 0.469 e. The van der Waals surface area contributed by atoms with Gasteiger partial charge >= 0.3 is 17.9 Å². The fraction of sp³-hybridized carbons (Fsp3) is 0.263. The van der Waals surface area contributed by atoms with Crippen molar-refractivity contribution in [3.05, 3.63) is 41.0 Å². The summed E-state index contributed by atoms with van der Waals surface area (Å²) in [5.74, 6) is -2.34. The smallest absolute Gasteiger partial charge is 0.340 e. The first-order valence-electron chi connectivity index (χ1n) is 7.93. The number of methoxy groups -OCH3 is 3. The fourth-order valence-electron chi connectivity index (χ4n) is 2.73. The Kier molecular flexibility index (Phi) is 6.12. The van der Waals surface area contributed by atoms with Crippen LogP contribution in [0.15, 0.2) is 24.3 Å². The second-order valence-corrected chi connectivity index (χ2v) is 5.61. The maximum atomic E-state index is 12.4. The van der Waals surface area contributed by atoms with Crippen LogP contribution in [0.2, 0.25) is 0 Å². The van der Waals surface area contributed by atoms with Crippen molar-refractivity contribution in [1.29, 1.82) is 0 Å². The van der Waals surface area contributed by atoms with Crippen LogP contribution in [0, 0.1) is 0 Å². The topological polar surface area (TPSA) is 108 Å². The molecule has 2 aliphatic carbocycles. The van der Waals surface area contributed by atoms with E-state index in [1.165, 1.54) is 28.3 Å². The summed E-state index contributed by atoms with van der Waals surface area (Å²) in [4.78, 5) is 47.9. The second kappa shape index (κ2) is 8.31. The number of anilines is 1. The monoisotopic (exact) mass is 373 g/mol. The molecule has 0 atom stereocenters. The third-order valence-electron chi connectivity index (χ3n) is 3.91. The van der Waals surface area contributed by atoms with E-state index < -0.39 is 23.8 Å². The summed E-state index contributed by atoms with van der Waals surface area (Å²) < 4.78 is 14.3. The van der Waals surface area contributed by atoms with E-state index >= 15 is 0 Å². The zero-order valence-corrected chi connectivity index (χ0v) is 15.4. The predicted molar refractivity (Wildman–Crippen MR) is 95.8 cm³/mol. The molecule has 0 saturated carbocycles. The minimum absolute atomic E-state index is 0.0213. The SMILES string of the molecule is COC(=O)Cc1ccc2c(C(=O)OC)c(NC(C)=O)c(C(=O)OC)c-2cc1. The zero-order valence-electron chi connectivity index (χ0n) is 15.4. The molecule has 0 fully saturated rings. The lowest BCUT2D eigenvalue weighted by atomic mass is 10.1. The van der Waals surface area contributed by atoms with E-state index in [0.29, 0.717) is 16.7 Å². The van der Waals surface area contributed by atoms with Gasteiger partial charge in [-0.15, -0.1) is 0 Å². The van der Waals surface area contributed by atoms with Crippen LogP contribution in [-0.4, -0.2) is 45.1 Å². The van der Waals surface area contributed by atoms with Gasteiger partial charge in [0.15, 0.2) is 0 Å². The second-order valence-electron chi connectivity index (χ2n) is 5.61. The van der Waals surface area contributed by atoms with Gasteiger partial charge in [-0.25, -0.2) is 9.59 Å². The fourth-order valence-corrected chi connectivity index (χ4v) is 2.73. The molecule has 0 radical (unpaired) electrons. The van der Waals surface area contributed by atoms with Crippen molar-refractivity contribution in [2.45, 2.75) is 13.3 Å². The predicted octanol–water partition coefficient (Wildman–Crippen LogP) is 2.04. The van der Waals surface area contributed by atoms with Crippen molar-refractivity contribution >= 4 is 29.5 Å². The summed E-state index contributed by atoms with van der Waals surface area (Å²) in [5, 5.41) is 2.51. The van der Waals surface area contributed by atoms with Gasteiger partial charge < -0.3 is 19.5 Å². The van der Waals surface area contributed by atoms with E-state index in [9.17, 15) is 19.2 Å². The Hall–Kier alpha value is -3.42. The van der Waals surface area contributed by atoms with Gasteiger partial charge in [-0.3, -0.25) is 9.59 Å². The van der Waals surface area contributed by atoms with E-state index in [4.69, 9.17) is 9.47 Å². The Morgan fingerprint density at radius 1 is 0.815 bits per heavy atom. The first kappa shape index (κ1) is 19.9. The molecule has 142 valence electrons. The van der Waals surface area contributed by atoms with Crippen LogP contribution in [0.4, 0.5) is 5.69 Å². The van der Waals surface area contributed by atoms with Crippen molar-refractivity contribution in [3.8, 4) is 11.1 Å². The molecule has 8 heteroatoms. The average molecular weight is 373 g/mol. The van der Waals surface area contributed by atoms with Crippen molar-refractivity contribution < 1.29 is 33.4 Å². The maximum Gasteiger partial charge on any atom is 0.340 e. The molecule has 0 aromatic heterocycles. The van der Waals surface area contributed by atoms with Gasteiger partial charge in [0.2, 0.25) is 5.91 Å². The van der Waals surface area contributed by atoms with Crippen molar-refractivity contribution in [3.63, 3.8) is 0 Å². The highest BCUT2D eigenvalue weighted by atomic mass is 16.5. The quantitative estimate of drug-likeness (QED) is 0.631. The Balaban J connectivity index is 2.80. The number of nitrogens with one attached hydrogen (secondary N) is 1. The molecule has 0 aliphatic heterocycles. The summed E-state index contributed by atoms with van der Waals surface area (Å²) in [5.41, 5.74) is 1.46. The number of esters is 3. The molecule has 2 aliphatic rings. The minimum atomic E-state index is -0.723. The molecule has 8 nitrogen and oxygen atoms in total. The molecule has 0 aromatic rings. The zero-order chi connectivity index (χ0) is 20.1. The van der Waals surface area contributed by atoms with Crippen LogP contribution >= 0.6 is 0 Å². The molecule has 2 rings (SSSR count). The maximum absolute atomic E-state index is 12.4. The van der Waals surface area contributed by atoms with E-state index in [-0.39, 0.29) is 23.2 Å². The Morgan fingerprint density at radius 2 is 1.30 bits per heavy atom. The highest BCUT2D eigenvalue weighted by Gasteiger charge is 2.32. The van der Waals surface area contributed by atoms with Crippen molar-refractivity contribution in [2.75, 3.05) is 26.6 Å². The molecule has 0 unspecified atom stereocenters. The molecule has 0 bridgehead atoms. The standard InChI is InChI=1S/C19H19NO7/c1-10(21)20-17-15(18(23)26-3)12-7-5-11(9-14(22)25-2)6-8-13(12)16(17)19(24)27-4/h5-8H,9H2,1-4H3,(H,20,21). The molecule has 27 heavy (non-hydrogen) atoms. The molecule has 0 heterocycles. The van der Waals surface area contributed by atoms with Crippen molar-refractivity contribution in [2.24, 2.45) is 0 Å². The molecular formula is C19H19NO7. The summed E-state index contributed by atoms with van der Waals surface area (Å²) in [6.45, 7) is 1.26. The average Bonchev–Trinajstić information content (AvgIpc) is 2.80. The van der Waals surface area contributed by atoms with Crippen LogP contribution < -0.4 is 5.32 Å². The van der Waals surface area contributed by atoms with Gasteiger partial charge in [-0.1, -0.05) is 24.3 Å². The number of carbonyl (C=O) groups excluding carboxylic acids is 4. The lowest BCUT2D eigenvalue weighted by Crippen LogP contribution is -2.13. The van der Waals surface area contributed by atoms with E-state index in [0.717, 1.165) is 0 Å². The number of hydrogen-bond donors (Lipinski definition) is 1. The summed E-state index contributed by atoms with van der Waals surface area (Å²) in [7, 11) is 3.68. The lowest BCUT2D eigenvalue weighted by molar-refractivity contribution is -0.139. The van der Waals surface area contributed by atoms with Gasteiger partial charge in [0.1, 0.15) is 0 Å². The van der Waals surface area contributed by atoms with Gasteiger partial charge in [0.05, 0.1) is 44.6 Å². The first-order chi connectivity index (χ1) is 12.8. The molecular weight excluding hydrogens is 354 g/mol. The number of amides is 1. The van der Waals surface area contributed by atoms with Crippen LogP contribution in [0.3, 0.4) is 0 Å². The van der Waals surface area contributed by atoms with Crippen molar-refractivity contribution in [1.82, 2.24) is 0 Å². The number of fused-ring (bicyclic) bond motifs is 1. The highest BCUT2D eigenvalue weighted by Crippen LogP contribution is 2.41. The molecule has 0 spiro atoms. The third-order valence-corrected chi connectivity index (χ3v) is 3.91. The lowest BCUT2D eigenvalue weighted by Gasteiger charge is -2.06. The van der Waals surface area contributed by atoms with Gasteiger partial charge in [0.25, 0.3) is 0 Å². The summed E-state index contributed by atoms with van der Waals surface area (Å²) >= 11 is 0. The first-order valence-corrected chi connectivity index (χ1v) is 7.93. The Labute approximate surface area is 155 Å². The molecule has 0 saturated heterocycles. The molecule has 0 aromatic carbocycles. The summed E-state index contributed by atoms with van der Waals surface area (Å²) in [6, 6.07) is 6.42. The van der Waals surface area contributed by atoms with Crippen LogP contribution in [0.25, 0.3) is 11.1 Å². The van der Waals surface area contributed by atoms with E-state index in [1.807, 2.05) is 0 Å². The number of rotatable bonds is 5. The third kappa shape index (κ3) is 4.05. The van der Waals surface area contributed by atoms with Crippen LogP contribution in [0.5, 0.6) is 0 Å². The normalized spacial score (nSPS) is 10.2. The van der Waals surface area contributed by atoms with Crippen LogP contribution in [-0.2, 0) is 30.2 Å². The minimum Gasteiger partial charge on any atom is -0.469 e. The molecule has 1 amide bonds. The summed E-state index contributed by atoms with van der Waals surface area (Å²) in [6.07, 6.45) is 0.0213. The van der Waals surface area contributed by atoms with Crippen LogP contribution in [0.1, 0.15) is 33.2 Å². The highest BCUT2D eigenvalue weighted by molar-refractivity contribution is 6.18. The number of ether oxygens (including phenoxy) is 3.